The topological polar surface area (TPSA) is 132 Å². The Hall–Kier alpha value is -4.73. The first-order chi connectivity index (χ1) is 19.8. The molecule has 10 heteroatoms. The summed E-state index contributed by atoms with van der Waals surface area (Å²) < 4.78 is 25.6. The number of carbonyl (C=O) groups excluding carboxylic acids is 5. The Labute approximate surface area is 238 Å². The van der Waals surface area contributed by atoms with Gasteiger partial charge in [-0.15, -0.1) is 0 Å². The summed E-state index contributed by atoms with van der Waals surface area (Å²) in [6.07, 6.45) is 6.48. The number of rotatable bonds is 18. The van der Waals surface area contributed by atoms with Crippen LogP contribution in [0.4, 0.5) is 0 Å². The zero-order valence-electron chi connectivity index (χ0n) is 22.8. The van der Waals surface area contributed by atoms with Crippen molar-refractivity contribution in [1.29, 1.82) is 0 Å². The van der Waals surface area contributed by atoms with E-state index in [1.54, 1.807) is 0 Å². The molecule has 10 nitrogen and oxygen atoms in total. The van der Waals surface area contributed by atoms with Crippen molar-refractivity contribution >= 4 is 29.8 Å². The van der Waals surface area contributed by atoms with E-state index in [1.165, 1.54) is 48.5 Å². The predicted molar refractivity (Wildman–Crippen MR) is 148 cm³/mol. The maximum absolute atomic E-state index is 12.5. The van der Waals surface area contributed by atoms with Gasteiger partial charge in [-0.05, 0) is 87.1 Å². The summed E-state index contributed by atoms with van der Waals surface area (Å²) in [5.74, 6) is -1.48. The fraction of sp³-hybridized carbons (Fsp3) is 0.323. The summed E-state index contributed by atoms with van der Waals surface area (Å²) in [5.41, 5.74) is 0.258. The number of unbranched alkanes of at least 4 members (excludes halogenated alkanes) is 4. The number of carbonyl (C=O) groups is 5. The van der Waals surface area contributed by atoms with Gasteiger partial charge in [0.2, 0.25) is 0 Å². The van der Waals surface area contributed by atoms with Gasteiger partial charge in [0.25, 0.3) is 0 Å². The van der Waals surface area contributed by atoms with Gasteiger partial charge >= 0.3 is 29.8 Å². The average molecular weight is 567 g/mol. The molecule has 0 unspecified atom stereocenters. The van der Waals surface area contributed by atoms with E-state index in [2.05, 4.69) is 13.2 Å². The minimum atomic E-state index is -0.608. The Morgan fingerprint density at radius 2 is 0.927 bits per heavy atom. The van der Waals surface area contributed by atoms with E-state index in [0.717, 1.165) is 12.2 Å². The number of hydrogen-bond acceptors (Lipinski definition) is 10. The molecule has 218 valence electrons. The van der Waals surface area contributed by atoms with Crippen molar-refractivity contribution in [1.82, 2.24) is 0 Å². The summed E-state index contributed by atoms with van der Waals surface area (Å²) in [4.78, 5) is 58.4. The molecule has 0 N–H and O–H groups in total. The summed E-state index contributed by atoms with van der Waals surface area (Å²) in [6.45, 7) is 7.18. The third-order valence-electron chi connectivity index (χ3n) is 5.46. The Kier molecular flexibility index (Phi) is 14.7. The molecule has 2 aromatic carbocycles. The molecule has 0 aliphatic carbocycles. The highest BCUT2D eigenvalue weighted by Gasteiger charge is 2.12. The third kappa shape index (κ3) is 13.8. The standard InChI is InChI=1S/C31H34O10/c1-3-27(32)37-21-9-5-7-11-29(34)39-24-15-13-23(14-16-24)31(36)41-26-19-17-25(18-20-26)40-30(35)12-8-6-10-22-38-28(33)4-2/h3-4,13-20H,1-2,5-12,21-22H2. The molecule has 0 radical (unpaired) electrons. The van der Waals surface area contributed by atoms with Gasteiger partial charge in [-0.3, -0.25) is 9.59 Å². The van der Waals surface area contributed by atoms with Gasteiger partial charge in [-0.1, -0.05) is 13.2 Å². The number of esters is 5. The Morgan fingerprint density at radius 1 is 0.537 bits per heavy atom. The molecule has 0 saturated carbocycles. The molecule has 0 amide bonds. The summed E-state index contributed by atoms with van der Waals surface area (Å²) in [6, 6.07) is 12.0. The van der Waals surface area contributed by atoms with E-state index >= 15 is 0 Å². The van der Waals surface area contributed by atoms with Crippen molar-refractivity contribution in [3.63, 3.8) is 0 Å². The van der Waals surface area contributed by atoms with Crippen LogP contribution in [0, 0.1) is 0 Å². The van der Waals surface area contributed by atoms with Crippen LogP contribution in [0.25, 0.3) is 0 Å². The highest BCUT2D eigenvalue weighted by molar-refractivity contribution is 5.91. The summed E-state index contributed by atoms with van der Waals surface area (Å²) in [7, 11) is 0. The van der Waals surface area contributed by atoms with Crippen LogP contribution >= 0.6 is 0 Å². The van der Waals surface area contributed by atoms with Crippen LogP contribution in [-0.2, 0) is 28.7 Å². The fourth-order valence-electron chi connectivity index (χ4n) is 3.33. The minimum Gasteiger partial charge on any atom is -0.463 e. The molecule has 0 atom stereocenters. The second-order valence-corrected chi connectivity index (χ2v) is 8.70. The molecule has 41 heavy (non-hydrogen) atoms. The van der Waals surface area contributed by atoms with Gasteiger partial charge < -0.3 is 23.7 Å². The normalized spacial score (nSPS) is 10.1. The van der Waals surface area contributed by atoms with Gasteiger partial charge in [0, 0.05) is 25.0 Å². The summed E-state index contributed by atoms with van der Waals surface area (Å²) >= 11 is 0. The van der Waals surface area contributed by atoms with E-state index in [0.29, 0.717) is 50.0 Å². The maximum atomic E-state index is 12.5. The van der Waals surface area contributed by atoms with Crippen LogP contribution < -0.4 is 14.2 Å². The highest BCUT2D eigenvalue weighted by atomic mass is 16.5. The molecule has 0 heterocycles. The molecule has 0 aromatic heterocycles. The SMILES string of the molecule is C=CC(=O)OCCCCCC(=O)Oc1ccc(OC(=O)c2ccc(OC(=O)CCCCCOC(=O)C=C)cc2)cc1. The van der Waals surface area contributed by atoms with Crippen molar-refractivity contribution in [2.45, 2.75) is 51.4 Å². The molecule has 0 bridgehead atoms. The van der Waals surface area contributed by atoms with E-state index in [4.69, 9.17) is 23.7 Å². The molecule has 0 aliphatic rings. The van der Waals surface area contributed by atoms with Crippen molar-refractivity contribution < 1.29 is 47.7 Å². The van der Waals surface area contributed by atoms with Crippen LogP contribution in [0.15, 0.2) is 73.8 Å². The van der Waals surface area contributed by atoms with Gasteiger partial charge in [0.05, 0.1) is 18.8 Å². The first kappa shape index (κ1) is 32.5. The van der Waals surface area contributed by atoms with Crippen LogP contribution in [0.3, 0.4) is 0 Å². The second kappa shape index (κ2) is 18.5. The second-order valence-electron chi connectivity index (χ2n) is 8.70. The van der Waals surface area contributed by atoms with Crippen molar-refractivity contribution in [2.24, 2.45) is 0 Å². The molecule has 0 spiro atoms. The maximum Gasteiger partial charge on any atom is 0.343 e. The first-order valence-electron chi connectivity index (χ1n) is 13.2. The van der Waals surface area contributed by atoms with Crippen molar-refractivity contribution in [2.75, 3.05) is 13.2 Å². The van der Waals surface area contributed by atoms with Gasteiger partial charge in [-0.25, -0.2) is 14.4 Å². The van der Waals surface area contributed by atoms with Crippen LogP contribution in [0.2, 0.25) is 0 Å². The van der Waals surface area contributed by atoms with E-state index < -0.39 is 29.8 Å². The van der Waals surface area contributed by atoms with E-state index in [9.17, 15) is 24.0 Å². The van der Waals surface area contributed by atoms with E-state index in [1.807, 2.05) is 0 Å². The van der Waals surface area contributed by atoms with Gasteiger partial charge in [0.1, 0.15) is 17.2 Å². The predicted octanol–water partition coefficient (Wildman–Crippen LogP) is 5.30. The van der Waals surface area contributed by atoms with Crippen LogP contribution in [0.5, 0.6) is 17.2 Å². The lowest BCUT2D eigenvalue weighted by Crippen LogP contribution is -2.10. The zero-order valence-corrected chi connectivity index (χ0v) is 22.8. The Bertz CT molecular complexity index is 1180. The number of hydrogen-bond donors (Lipinski definition) is 0. The van der Waals surface area contributed by atoms with Gasteiger partial charge in [-0.2, -0.15) is 0 Å². The molecule has 0 aliphatic heterocycles. The first-order valence-corrected chi connectivity index (χ1v) is 13.2. The lowest BCUT2D eigenvalue weighted by Gasteiger charge is -2.08. The smallest absolute Gasteiger partial charge is 0.343 e. The molecule has 0 fully saturated rings. The van der Waals surface area contributed by atoms with E-state index in [-0.39, 0.29) is 37.4 Å². The monoisotopic (exact) mass is 566 g/mol. The molecule has 0 saturated heterocycles. The fourth-order valence-corrected chi connectivity index (χ4v) is 3.33. The van der Waals surface area contributed by atoms with Gasteiger partial charge in [0.15, 0.2) is 0 Å². The van der Waals surface area contributed by atoms with Crippen LogP contribution in [-0.4, -0.2) is 43.1 Å². The largest absolute Gasteiger partial charge is 0.463 e. The Morgan fingerprint density at radius 3 is 1.34 bits per heavy atom. The molecular weight excluding hydrogens is 532 g/mol. The number of benzene rings is 2. The average Bonchev–Trinajstić information content (AvgIpc) is 2.97. The number of ether oxygens (including phenoxy) is 5. The lowest BCUT2D eigenvalue weighted by molar-refractivity contribution is -0.138. The minimum absolute atomic E-state index is 0.208. The summed E-state index contributed by atoms with van der Waals surface area (Å²) in [5, 5.41) is 0. The lowest BCUT2D eigenvalue weighted by atomic mass is 10.2. The third-order valence-corrected chi connectivity index (χ3v) is 5.46. The van der Waals surface area contributed by atoms with Crippen molar-refractivity contribution in [3.8, 4) is 17.2 Å². The molecular formula is C31H34O10. The highest BCUT2D eigenvalue weighted by Crippen LogP contribution is 2.21. The van der Waals surface area contributed by atoms with Crippen molar-refractivity contribution in [3.05, 3.63) is 79.4 Å². The van der Waals surface area contributed by atoms with Crippen LogP contribution in [0.1, 0.15) is 61.7 Å². The Balaban J connectivity index is 1.67. The molecule has 2 rings (SSSR count). The quantitative estimate of drug-likeness (QED) is 0.101. The zero-order chi connectivity index (χ0) is 29.9. The molecule has 2 aromatic rings.